The highest BCUT2D eigenvalue weighted by molar-refractivity contribution is 5.88. The van der Waals surface area contributed by atoms with E-state index in [0.717, 1.165) is 38.3 Å². The van der Waals surface area contributed by atoms with Gasteiger partial charge in [0.15, 0.2) is 0 Å². The minimum absolute atomic E-state index is 0.269. The van der Waals surface area contributed by atoms with Crippen molar-refractivity contribution in [3.05, 3.63) is 29.3 Å². The van der Waals surface area contributed by atoms with Gasteiger partial charge in [0, 0.05) is 32.7 Å². The maximum atomic E-state index is 10.9. The second-order valence-electron chi connectivity index (χ2n) is 5.28. The number of hydrogen-bond donors (Lipinski definition) is 1. The number of benzene rings is 1. The zero-order valence-electron chi connectivity index (χ0n) is 12.1. The van der Waals surface area contributed by atoms with E-state index in [2.05, 4.69) is 16.8 Å². The van der Waals surface area contributed by atoms with Crippen LogP contribution < -0.4 is 4.74 Å². The fourth-order valence-electron chi connectivity index (χ4n) is 2.24. The number of piperazine rings is 1. The SMILES string of the molecule is Cc1ccc(C(=O)O)cc1OCCN1CCN(C)CC1. The standard InChI is InChI=1S/C15H22N2O3/c1-12-3-4-13(15(18)19)11-14(12)20-10-9-17-7-5-16(2)6-8-17/h3-4,11H,5-10H2,1-2H3,(H,18,19). The first-order valence-electron chi connectivity index (χ1n) is 6.94. The molecule has 5 heteroatoms. The fraction of sp³-hybridized carbons (Fsp3) is 0.533. The molecule has 5 nitrogen and oxygen atoms in total. The summed E-state index contributed by atoms with van der Waals surface area (Å²) in [6, 6.07) is 4.99. The normalized spacial score (nSPS) is 17.1. The molecule has 0 spiro atoms. The average molecular weight is 278 g/mol. The lowest BCUT2D eigenvalue weighted by atomic mass is 10.1. The third-order valence-corrected chi connectivity index (χ3v) is 3.70. The number of ether oxygens (including phenoxy) is 1. The highest BCUT2D eigenvalue weighted by atomic mass is 16.5. The number of rotatable bonds is 5. The summed E-state index contributed by atoms with van der Waals surface area (Å²) in [5.41, 5.74) is 1.23. The van der Waals surface area contributed by atoms with Gasteiger partial charge in [-0.2, -0.15) is 0 Å². The largest absolute Gasteiger partial charge is 0.492 e. The third-order valence-electron chi connectivity index (χ3n) is 3.70. The first-order chi connectivity index (χ1) is 9.56. The molecule has 110 valence electrons. The quantitative estimate of drug-likeness (QED) is 0.880. The number of carboxylic acid groups (broad SMARTS) is 1. The van der Waals surface area contributed by atoms with Crippen molar-refractivity contribution in [2.75, 3.05) is 46.4 Å². The predicted molar refractivity (Wildman–Crippen MR) is 77.6 cm³/mol. The van der Waals surface area contributed by atoms with Gasteiger partial charge in [-0.1, -0.05) is 6.07 Å². The maximum absolute atomic E-state index is 10.9. The molecule has 1 aromatic carbocycles. The van der Waals surface area contributed by atoms with Crippen molar-refractivity contribution in [2.24, 2.45) is 0 Å². The smallest absolute Gasteiger partial charge is 0.335 e. The summed E-state index contributed by atoms with van der Waals surface area (Å²) in [7, 11) is 2.13. The molecule has 0 unspecified atom stereocenters. The van der Waals surface area contributed by atoms with Crippen LogP contribution in [0.1, 0.15) is 15.9 Å². The van der Waals surface area contributed by atoms with Crippen LogP contribution in [-0.4, -0.2) is 67.3 Å². The molecular weight excluding hydrogens is 256 g/mol. The molecule has 1 heterocycles. The summed E-state index contributed by atoms with van der Waals surface area (Å²) in [6.07, 6.45) is 0. The number of nitrogens with zero attached hydrogens (tertiary/aromatic N) is 2. The Bertz CT molecular complexity index is 468. The summed E-state index contributed by atoms with van der Waals surface area (Å²) in [5.74, 6) is -0.257. The Morgan fingerprint density at radius 1 is 1.30 bits per heavy atom. The molecule has 1 fully saturated rings. The van der Waals surface area contributed by atoms with Crippen LogP contribution in [0.2, 0.25) is 0 Å². The van der Waals surface area contributed by atoms with E-state index >= 15 is 0 Å². The molecule has 1 N–H and O–H groups in total. The van der Waals surface area contributed by atoms with Crippen molar-refractivity contribution < 1.29 is 14.6 Å². The second kappa shape index (κ2) is 6.72. The van der Waals surface area contributed by atoms with Crippen molar-refractivity contribution in [1.29, 1.82) is 0 Å². The molecule has 0 amide bonds. The van der Waals surface area contributed by atoms with Gasteiger partial charge >= 0.3 is 5.97 Å². The Morgan fingerprint density at radius 2 is 2.00 bits per heavy atom. The lowest BCUT2D eigenvalue weighted by Gasteiger charge is -2.32. The van der Waals surface area contributed by atoms with E-state index in [9.17, 15) is 4.79 Å². The number of likely N-dealkylation sites (N-methyl/N-ethyl adjacent to an activating group) is 1. The predicted octanol–water partition coefficient (Wildman–Crippen LogP) is 1.32. The number of hydrogen-bond acceptors (Lipinski definition) is 4. The Hall–Kier alpha value is -1.59. The first kappa shape index (κ1) is 14.8. The van der Waals surface area contributed by atoms with Crippen LogP contribution in [0, 0.1) is 6.92 Å². The Morgan fingerprint density at radius 3 is 2.65 bits per heavy atom. The molecule has 0 aromatic heterocycles. The minimum Gasteiger partial charge on any atom is -0.492 e. The van der Waals surface area contributed by atoms with Gasteiger partial charge in [0.1, 0.15) is 12.4 Å². The average Bonchev–Trinajstić information content (AvgIpc) is 2.43. The summed E-state index contributed by atoms with van der Waals surface area (Å²) < 4.78 is 5.74. The number of aromatic carboxylic acids is 1. The highest BCUT2D eigenvalue weighted by Gasteiger charge is 2.13. The molecule has 1 saturated heterocycles. The molecule has 1 aliphatic heterocycles. The topological polar surface area (TPSA) is 53.0 Å². The molecule has 0 aliphatic carbocycles. The summed E-state index contributed by atoms with van der Waals surface area (Å²) >= 11 is 0. The van der Waals surface area contributed by atoms with E-state index in [1.807, 2.05) is 6.92 Å². The van der Waals surface area contributed by atoms with E-state index in [4.69, 9.17) is 9.84 Å². The number of carboxylic acids is 1. The maximum Gasteiger partial charge on any atom is 0.335 e. The molecule has 1 aromatic rings. The van der Waals surface area contributed by atoms with E-state index in [0.29, 0.717) is 12.4 Å². The molecule has 0 atom stereocenters. The molecule has 2 rings (SSSR count). The summed E-state index contributed by atoms with van der Waals surface area (Å²) in [6.45, 7) is 7.71. The van der Waals surface area contributed by atoms with Crippen molar-refractivity contribution in [3.8, 4) is 5.75 Å². The summed E-state index contributed by atoms with van der Waals surface area (Å²) in [4.78, 5) is 15.6. The van der Waals surface area contributed by atoms with Gasteiger partial charge in [0.25, 0.3) is 0 Å². The molecule has 0 radical (unpaired) electrons. The van der Waals surface area contributed by atoms with Crippen molar-refractivity contribution in [2.45, 2.75) is 6.92 Å². The molecular formula is C15H22N2O3. The van der Waals surface area contributed by atoms with E-state index < -0.39 is 5.97 Å². The van der Waals surface area contributed by atoms with Gasteiger partial charge in [-0.3, -0.25) is 4.90 Å². The van der Waals surface area contributed by atoms with Crippen LogP contribution in [0.4, 0.5) is 0 Å². The number of aryl methyl sites for hydroxylation is 1. The Kier molecular flexibility index (Phi) is 4.98. The van der Waals surface area contributed by atoms with Crippen LogP contribution in [-0.2, 0) is 0 Å². The number of carbonyl (C=O) groups is 1. The molecule has 20 heavy (non-hydrogen) atoms. The monoisotopic (exact) mass is 278 g/mol. The Labute approximate surface area is 119 Å². The molecule has 1 aliphatic rings. The van der Waals surface area contributed by atoms with Crippen LogP contribution >= 0.6 is 0 Å². The van der Waals surface area contributed by atoms with Gasteiger partial charge < -0.3 is 14.7 Å². The fourth-order valence-corrected chi connectivity index (χ4v) is 2.24. The van der Waals surface area contributed by atoms with Crippen molar-refractivity contribution >= 4 is 5.97 Å². The van der Waals surface area contributed by atoms with Crippen molar-refractivity contribution in [1.82, 2.24) is 9.80 Å². The van der Waals surface area contributed by atoms with Gasteiger partial charge in [-0.15, -0.1) is 0 Å². The van der Waals surface area contributed by atoms with E-state index in [-0.39, 0.29) is 5.56 Å². The molecule has 0 saturated carbocycles. The van der Waals surface area contributed by atoms with Crippen LogP contribution in [0.25, 0.3) is 0 Å². The highest BCUT2D eigenvalue weighted by Crippen LogP contribution is 2.19. The zero-order chi connectivity index (χ0) is 14.5. The van der Waals surface area contributed by atoms with Crippen molar-refractivity contribution in [3.63, 3.8) is 0 Å². The minimum atomic E-state index is -0.922. The van der Waals surface area contributed by atoms with Gasteiger partial charge in [0.05, 0.1) is 5.56 Å². The lowest BCUT2D eigenvalue weighted by molar-refractivity contribution is 0.0696. The van der Waals surface area contributed by atoms with E-state index in [1.54, 1.807) is 18.2 Å². The van der Waals surface area contributed by atoms with E-state index in [1.165, 1.54) is 0 Å². The van der Waals surface area contributed by atoms with Crippen LogP contribution in [0.15, 0.2) is 18.2 Å². The Balaban J connectivity index is 1.84. The lowest BCUT2D eigenvalue weighted by Crippen LogP contribution is -2.45. The third kappa shape index (κ3) is 3.95. The first-order valence-corrected chi connectivity index (χ1v) is 6.94. The summed E-state index contributed by atoms with van der Waals surface area (Å²) in [5, 5.41) is 8.99. The second-order valence-corrected chi connectivity index (χ2v) is 5.28. The van der Waals surface area contributed by atoms with Gasteiger partial charge in [-0.05, 0) is 31.7 Å². The zero-order valence-corrected chi connectivity index (χ0v) is 12.1. The van der Waals surface area contributed by atoms with Crippen LogP contribution in [0.3, 0.4) is 0 Å². The van der Waals surface area contributed by atoms with Gasteiger partial charge in [0.2, 0.25) is 0 Å². The molecule has 0 bridgehead atoms. The van der Waals surface area contributed by atoms with Crippen LogP contribution in [0.5, 0.6) is 5.75 Å². The van der Waals surface area contributed by atoms with Gasteiger partial charge in [-0.25, -0.2) is 4.79 Å².